The topological polar surface area (TPSA) is 110 Å². The highest BCUT2D eigenvalue weighted by Gasteiger charge is 2.30. The second kappa shape index (κ2) is 5.63. The molecule has 0 aliphatic heterocycles. The first kappa shape index (κ1) is 14.3. The number of aromatic amines is 1. The van der Waals surface area contributed by atoms with Crippen molar-refractivity contribution in [2.24, 2.45) is 0 Å². The summed E-state index contributed by atoms with van der Waals surface area (Å²) in [6, 6.07) is 0. The number of nitrogens with zero attached hydrogens (tertiary/aromatic N) is 3. The zero-order valence-electron chi connectivity index (χ0n) is 12.1. The summed E-state index contributed by atoms with van der Waals surface area (Å²) in [4.78, 5) is 22.9. The number of hydrogen-bond acceptors (Lipinski definition) is 5. The van der Waals surface area contributed by atoms with E-state index in [2.05, 4.69) is 15.3 Å². The third-order valence-corrected chi connectivity index (χ3v) is 3.66. The van der Waals surface area contributed by atoms with E-state index in [1.165, 1.54) is 0 Å². The third kappa shape index (κ3) is 2.36. The van der Waals surface area contributed by atoms with Crippen molar-refractivity contribution in [2.75, 3.05) is 6.61 Å². The molecule has 0 spiro atoms. The molecule has 0 saturated carbocycles. The molecule has 0 fully saturated rings. The largest absolute Gasteiger partial charge is 0.481 e. The Bertz CT molecular complexity index is 731. The van der Waals surface area contributed by atoms with Crippen LogP contribution in [0.25, 0.3) is 11.3 Å². The molecule has 2 aromatic rings. The van der Waals surface area contributed by atoms with Crippen LogP contribution in [0.4, 0.5) is 0 Å². The fraction of sp³-hybridized carbons (Fsp3) is 0.429. The predicted octanol–water partition coefficient (Wildman–Crippen LogP) is 1.02. The average molecular weight is 304 g/mol. The van der Waals surface area contributed by atoms with Gasteiger partial charge in [-0.25, -0.2) is 4.79 Å². The smallest absolute Gasteiger partial charge is 0.359 e. The van der Waals surface area contributed by atoms with Gasteiger partial charge in [0.05, 0.1) is 37.0 Å². The Morgan fingerprint density at radius 2 is 2.27 bits per heavy atom. The lowest BCUT2D eigenvalue weighted by Gasteiger charge is -2.14. The van der Waals surface area contributed by atoms with Crippen LogP contribution in [0.3, 0.4) is 0 Å². The van der Waals surface area contributed by atoms with E-state index in [1.54, 1.807) is 17.8 Å². The van der Waals surface area contributed by atoms with Crippen LogP contribution in [0.1, 0.15) is 35.1 Å². The number of carbonyl (C=O) groups excluding carboxylic acids is 1. The maximum absolute atomic E-state index is 12.2. The lowest BCUT2D eigenvalue weighted by Crippen LogP contribution is -2.12. The van der Waals surface area contributed by atoms with Crippen molar-refractivity contribution in [3.05, 3.63) is 23.1 Å². The maximum Gasteiger partial charge on any atom is 0.359 e. The Morgan fingerprint density at radius 1 is 1.45 bits per heavy atom. The van der Waals surface area contributed by atoms with E-state index in [-0.39, 0.29) is 25.3 Å². The zero-order chi connectivity index (χ0) is 15.7. The standard InChI is InChI=1S/C14H16N4O4/c1-2-22-14(21)13-11-9(18(17-13)6-5-10(19)20)4-3-8-7-15-16-12(8)11/h7H,2-6H2,1H3,(H,15,16)(H,19,20). The highest BCUT2D eigenvalue weighted by Crippen LogP contribution is 2.34. The Kier molecular flexibility index (Phi) is 3.66. The Hall–Kier alpha value is -2.64. The SMILES string of the molecule is CCOC(=O)c1nn(CCC(=O)O)c2c1-c1[nH]ncc1CC2. The molecule has 0 unspecified atom stereocenters. The molecule has 2 heterocycles. The first-order chi connectivity index (χ1) is 10.6. The van der Waals surface area contributed by atoms with Gasteiger partial charge in [0.1, 0.15) is 0 Å². The van der Waals surface area contributed by atoms with Crippen molar-refractivity contribution in [1.29, 1.82) is 0 Å². The van der Waals surface area contributed by atoms with Gasteiger partial charge in [-0.1, -0.05) is 0 Å². The van der Waals surface area contributed by atoms with Gasteiger partial charge in [0.2, 0.25) is 0 Å². The number of aryl methyl sites for hydroxylation is 2. The van der Waals surface area contributed by atoms with Crippen molar-refractivity contribution in [3.8, 4) is 11.3 Å². The average Bonchev–Trinajstić information content (AvgIpc) is 3.09. The number of carboxylic acid groups (broad SMARTS) is 1. The number of carbonyl (C=O) groups is 2. The lowest BCUT2D eigenvalue weighted by molar-refractivity contribution is -0.137. The minimum Gasteiger partial charge on any atom is -0.481 e. The number of H-pyrrole nitrogens is 1. The van der Waals surface area contributed by atoms with Gasteiger partial charge in [0.25, 0.3) is 0 Å². The quantitative estimate of drug-likeness (QED) is 0.798. The van der Waals surface area contributed by atoms with Gasteiger partial charge < -0.3 is 9.84 Å². The van der Waals surface area contributed by atoms with E-state index in [0.29, 0.717) is 12.0 Å². The summed E-state index contributed by atoms with van der Waals surface area (Å²) < 4.78 is 6.66. The van der Waals surface area contributed by atoms with Crippen LogP contribution in [0.15, 0.2) is 6.20 Å². The van der Waals surface area contributed by atoms with Crippen molar-refractivity contribution < 1.29 is 19.4 Å². The number of aromatic nitrogens is 4. The molecule has 0 aromatic carbocycles. The van der Waals surface area contributed by atoms with Crippen LogP contribution in [0.5, 0.6) is 0 Å². The number of esters is 1. The molecule has 0 amide bonds. The summed E-state index contributed by atoms with van der Waals surface area (Å²) in [5.41, 5.74) is 3.54. The van der Waals surface area contributed by atoms with Gasteiger partial charge in [-0.15, -0.1) is 0 Å². The molecule has 2 N–H and O–H groups in total. The second-order valence-corrected chi connectivity index (χ2v) is 5.03. The molecule has 2 aromatic heterocycles. The molecule has 0 atom stereocenters. The van der Waals surface area contributed by atoms with Crippen LogP contribution < -0.4 is 0 Å². The number of aliphatic carboxylic acids is 1. The summed E-state index contributed by atoms with van der Waals surface area (Å²) in [6.45, 7) is 2.21. The van der Waals surface area contributed by atoms with E-state index in [0.717, 1.165) is 23.4 Å². The molecular formula is C14H16N4O4. The van der Waals surface area contributed by atoms with Gasteiger partial charge in [-0.05, 0) is 25.3 Å². The molecule has 1 aliphatic carbocycles. The molecule has 0 saturated heterocycles. The second-order valence-electron chi connectivity index (χ2n) is 5.03. The number of hydrogen-bond donors (Lipinski definition) is 2. The molecule has 0 bridgehead atoms. The molecule has 8 heteroatoms. The van der Waals surface area contributed by atoms with Gasteiger partial charge in [0, 0.05) is 5.69 Å². The van der Waals surface area contributed by atoms with Crippen LogP contribution in [-0.4, -0.2) is 43.6 Å². The van der Waals surface area contributed by atoms with Crippen LogP contribution in [0.2, 0.25) is 0 Å². The number of ether oxygens (including phenoxy) is 1. The van der Waals surface area contributed by atoms with Crippen LogP contribution in [0, 0.1) is 0 Å². The normalized spacial score (nSPS) is 12.6. The van der Waals surface area contributed by atoms with E-state index >= 15 is 0 Å². The van der Waals surface area contributed by atoms with Gasteiger partial charge in [-0.2, -0.15) is 10.2 Å². The van der Waals surface area contributed by atoms with Crippen molar-refractivity contribution in [2.45, 2.75) is 32.7 Å². The number of fused-ring (bicyclic) bond motifs is 3. The molecule has 8 nitrogen and oxygen atoms in total. The summed E-state index contributed by atoms with van der Waals surface area (Å²) in [5.74, 6) is -1.41. The molecule has 1 aliphatic rings. The fourth-order valence-corrected chi connectivity index (χ4v) is 2.71. The highest BCUT2D eigenvalue weighted by atomic mass is 16.5. The maximum atomic E-state index is 12.2. The fourth-order valence-electron chi connectivity index (χ4n) is 2.71. The van der Waals surface area contributed by atoms with Crippen molar-refractivity contribution >= 4 is 11.9 Å². The molecule has 3 rings (SSSR count). The summed E-state index contributed by atoms with van der Waals surface area (Å²) in [7, 11) is 0. The van der Waals surface area contributed by atoms with Crippen molar-refractivity contribution in [1.82, 2.24) is 20.0 Å². The Labute approximate surface area is 126 Å². The number of rotatable bonds is 5. The van der Waals surface area contributed by atoms with E-state index in [1.807, 2.05) is 0 Å². The van der Waals surface area contributed by atoms with Crippen LogP contribution in [-0.2, 0) is 28.9 Å². The van der Waals surface area contributed by atoms with Gasteiger partial charge in [-0.3, -0.25) is 14.6 Å². The molecule has 116 valence electrons. The van der Waals surface area contributed by atoms with E-state index in [4.69, 9.17) is 9.84 Å². The van der Waals surface area contributed by atoms with Crippen molar-refractivity contribution in [3.63, 3.8) is 0 Å². The monoisotopic (exact) mass is 304 g/mol. The molecule has 22 heavy (non-hydrogen) atoms. The molecular weight excluding hydrogens is 288 g/mol. The number of nitrogens with one attached hydrogen (secondary N) is 1. The lowest BCUT2D eigenvalue weighted by atomic mass is 9.94. The summed E-state index contributed by atoms with van der Waals surface area (Å²) in [6.07, 6.45) is 3.15. The Morgan fingerprint density at radius 3 is 3.00 bits per heavy atom. The Balaban J connectivity index is 2.07. The van der Waals surface area contributed by atoms with Gasteiger partial charge in [0.15, 0.2) is 5.69 Å². The highest BCUT2D eigenvalue weighted by molar-refractivity contribution is 5.96. The van der Waals surface area contributed by atoms with Crippen LogP contribution >= 0.6 is 0 Å². The molecule has 0 radical (unpaired) electrons. The number of carboxylic acids is 1. The summed E-state index contributed by atoms with van der Waals surface area (Å²) in [5, 5.41) is 20.1. The summed E-state index contributed by atoms with van der Waals surface area (Å²) >= 11 is 0. The zero-order valence-corrected chi connectivity index (χ0v) is 12.1. The first-order valence-corrected chi connectivity index (χ1v) is 7.13. The van der Waals surface area contributed by atoms with E-state index < -0.39 is 11.9 Å². The first-order valence-electron chi connectivity index (χ1n) is 7.13. The predicted molar refractivity (Wildman–Crippen MR) is 75.4 cm³/mol. The minimum absolute atomic E-state index is 0.0494. The van der Waals surface area contributed by atoms with E-state index in [9.17, 15) is 9.59 Å². The third-order valence-electron chi connectivity index (χ3n) is 3.66. The minimum atomic E-state index is -0.903. The van der Waals surface area contributed by atoms with Gasteiger partial charge >= 0.3 is 11.9 Å².